The summed E-state index contributed by atoms with van der Waals surface area (Å²) in [4.78, 5) is 12.7. The van der Waals surface area contributed by atoms with Gasteiger partial charge in [0.25, 0.3) is 0 Å². The molecule has 1 aliphatic rings. The molecule has 0 spiro atoms. The third-order valence-electron chi connectivity index (χ3n) is 7.43. The van der Waals surface area contributed by atoms with Gasteiger partial charge in [-0.1, -0.05) is 56.4 Å². The molecule has 6 nitrogen and oxygen atoms in total. The number of hydrogen-bond donors (Lipinski definition) is 3. The Kier molecular flexibility index (Phi) is 7.46. The summed E-state index contributed by atoms with van der Waals surface area (Å²) in [6.07, 6.45) is 18.4. The molecule has 6 heteroatoms. The first-order valence-electron chi connectivity index (χ1n) is 13.6. The van der Waals surface area contributed by atoms with Gasteiger partial charge in [0.1, 0.15) is 0 Å². The normalized spacial score (nSPS) is 15.7. The van der Waals surface area contributed by atoms with Gasteiger partial charge in [0, 0.05) is 51.8 Å². The van der Waals surface area contributed by atoms with Gasteiger partial charge in [0.05, 0.1) is 23.3 Å². The van der Waals surface area contributed by atoms with Crippen molar-refractivity contribution in [2.75, 3.05) is 5.32 Å². The van der Waals surface area contributed by atoms with Gasteiger partial charge in [-0.2, -0.15) is 5.10 Å². The van der Waals surface area contributed by atoms with Crippen LogP contribution in [0.5, 0.6) is 0 Å². The number of H-pyrrole nitrogens is 2. The lowest BCUT2D eigenvalue weighted by Gasteiger charge is -2.18. The van der Waals surface area contributed by atoms with Crippen LogP contribution >= 0.6 is 0 Å². The van der Waals surface area contributed by atoms with E-state index < -0.39 is 0 Å². The molecule has 198 valence electrons. The molecule has 4 heterocycles. The Balaban J connectivity index is 1.54. The SMILES string of the molecule is C=C(CC)Nc1cncc(-c2cnc3n[nH]c(-c4cc(/C(=C\C=C/C)C5=CC=C(C)C5CC)c(C)[nH]4)c3c2)c1. The van der Waals surface area contributed by atoms with Crippen molar-refractivity contribution in [1.29, 1.82) is 0 Å². The Morgan fingerprint density at radius 1 is 1.08 bits per heavy atom. The highest BCUT2D eigenvalue weighted by atomic mass is 15.2. The van der Waals surface area contributed by atoms with E-state index in [-0.39, 0.29) is 0 Å². The maximum atomic E-state index is 4.65. The summed E-state index contributed by atoms with van der Waals surface area (Å²) in [5.74, 6) is 0.437. The van der Waals surface area contributed by atoms with Crippen LogP contribution in [-0.4, -0.2) is 25.1 Å². The largest absolute Gasteiger partial charge is 0.358 e. The molecule has 0 aliphatic heterocycles. The first-order valence-corrected chi connectivity index (χ1v) is 13.6. The molecule has 39 heavy (non-hydrogen) atoms. The number of rotatable bonds is 9. The lowest BCUT2D eigenvalue weighted by molar-refractivity contribution is 0.716. The first kappa shape index (κ1) is 26.2. The van der Waals surface area contributed by atoms with Crippen molar-refractivity contribution in [3.63, 3.8) is 0 Å². The summed E-state index contributed by atoms with van der Waals surface area (Å²) in [6, 6.07) is 6.43. The van der Waals surface area contributed by atoms with Crippen LogP contribution in [0.3, 0.4) is 0 Å². The maximum Gasteiger partial charge on any atom is 0.181 e. The van der Waals surface area contributed by atoms with E-state index in [1.54, 1.807) is 0 Å². The number of aromatic amines is 2. The van der Waals surface area contributed by atoms with Gasteiger partial charge in [0.15, 0.2) is 5.65 Å². The predicted octanol–water partition coefficient (Wildman–Crippen LogP) is 8.53. The fraction of sp³-hybridized carbons (Fsp3) is 0.242. The van der Waals surface area contributed by atoms with Crippen LogP contribution in [0.25, 0.3) is 39.1 Å². The van der Waals surface area contributed by atoms with Crippen LogP contribution < -0.4 is 5.32 Å². The lowest BCUT2D eigenvalue weighted by atomic mass is 9.85. The van der Waals surface area contributed by atoms with Crippen LogP contribution in [0.1, 0.15) is 51.8 Å². The molecule has 0 radical (unpaired) electrons. The van der Waals surface area contributed by atoms with Crippen LogP contribution in [0.4, 0.5) is 5.69 Å². The molecule has 0 amide bonds. The van der Waals surface area contributed by atoms with E-state index in [1.807, 2.05) is 18.6 Å². The second-order valence-corrected chi connectivity index (χ2v) is 10.1. The highest BCUT2D eigenvalue weighted by Gasteiger charge is 2.24. The van der Waals surface area contributed by atoms with Gasteiger partial charge < -0.3 is 10.3 Å². The Hall–Kier alpha value is -4.45. The summed E-state index contributed by atoms with van der Waals surface area (Å²) in [5, 5.41) is 12.0. The average Bonchev–Trinajstić information content (AvgIpc) is 3.65. The van der Waals surface area contributed by atoms with Gasteiger partial charge in [-0.05, 0) is 63.0 Å². The molecule has 0 saturated heterocycles. The summed E-state index contributed by atoms with van der Waals surface area (Å²) in [7, 11) is 0. The molecule has 5 rings (SSSR count). The van der Waals surface area contributed by atoms with E-state index in [1.165, 1.54) is 22.3 Å². The monoisotopic (exact) mass is 516 g/mol. The molecule has 0 saturated carbocycles. The van der Waals surface area contributed by atoms with Crippen LogP contribution in [0.15, 0.2) is 90.6 Å². The zero-order valence-electron chi connectivity index (χ0n) is 23.4. The number of aromatic nitrogens is 5. The zero-order valence-corrected chi connectivity index (χ0v) is 23.4. The number of pyridine rings is 2. The van der Waals surface area contributed by atoms with Gasteiger partial charge >= 0.3 is 0 Å². The van der Waals surface area contributed by atoms with E-state index in [0.29, 0.717) is 11.6 Å². The fourth-order valence-corrected chi connectivity index (χ4v) is 5.25. The Morgan fingerprint density at radius 3 is 2.67 bits per heavy atom. The fourth-order valence-electron chi connectivity index (χ4n) is 5.25. The molecular formula is C33H36N6. The number of hydrogen-bond acceptors (Lipinski definition) is 4. The highest BCUT2D eigenvalue weighted by Crippen LogP contribution is 2.41. The summed E-state index contributed by atoms with van der Waals surface area (Å²) in [6.45, 7) is 14.8. The zero-order chi connectivity index (χ0) is 27.5. The number of aryl methyl sites for hydroxylation is 1. The third kappa shape index (κ3) is 5.15. The Labute approximate surface area is 230 Å². The quantitative estimate of drug-likeness (QED) is 0.195. The number of fused-ring (bicyclic) bond motifs is 1. The highest BCUT2D eigenvalue weighted by molar-refractivity contribution is 5.94. The topological polar surface area (TPSA) is 82.3 Å². The van der Waals surface area contributed by atoms with Crippen molar-refractivity contribution >= 4 is 22.3 Å². The molecule has 0 bridgehead atoms. The number of nitrogens with one attached hydrogen (secondary N) is 3. The van der Waals surface area contributed by atoms with Crippen LogP contribution in [0.2, 0.25) is 0 Å². The smallest absolute Gasteiger partial charge is 0.181 e. The molecule has 3 N–H and O–H groups in total. The second kappa shape index (κ2) is 11.1. The Morgan fingerprint density at radius 2 is 1.90 bits per heavy atom. The number of allylic oxidation sites excluding steroid dienone is 9. The van der Waals surface area contributed by atoms with E-state index in [4.69, 9.17) is 0 Å². The lowest BCUT2D eigenvalue weighted by Crippen LogP contribution is -2.03. The Bertz CT molecular complexity index is 1660. The molecule has 1 atom stereocenters. The first-order chi connectivity index (χ1) is 18.9. The van der Waals surface area contributed by atoms with Crippen molar-refractivity contribution in [1.82, 2.24) is 25.1 Å². The van der Waals surface area contributed by atoms with Crippen molar-refractivity contribution in [2.24, 2.45) is 5.92 Å². The molecule has 1 aliphatic carbocycles. The standard InChI is InChI=1S/C33H36N6/c1-7-10-11-27(28-13-12-20(4)26(28)9-3)29-16-31(37-22(29)6)32-30-15-24(18-35-33(30)39-38-32)23-14-25(19-34-17-23)36-21(5)8-2/h7,10-19,26,36-37H,5,8-9H2,1-4,6H3,(H,35,38,39)/b10-7-,27-11-. The molecule has 4 aromatic rings. The van der Waals surface area contributed by atoms with Gasteiger partial charge in [-0.15, -0.1) is 0 Å². The van der Waals surface area contributed by atoms with Crippen LogP contribution in [-0.2, 0) is 0 Å². The number of anilines is 1. The maximum absolute atomic E-state index is 4.65. The van der Waals surface area contributed by atoms with Crippen molar-refractivity contribution in [2.45, 2.75) is 47.5 Å². The summed E-state index contributed by atoms with van der Waals surface area (Å²) in [5.41, 5.74) is 12.7. The van der Waals surface area contributed by atoms with Gasteiger partial charge in [-0.3, -0.25) is 10.1 Å². The minimum Gasteiger partial charge on any atom is -0.358 e. The van der Waals surface area contributed by atoms with E-state index in [0.717, 1.165) is 57.8 Å². The van der Waals surface area contributed by atoms with Crippen molar-refractivity contribution in [3.8, 4) is 22.5 Å². The van der Waals surface area contributed by atoms with Crippen LogP contribution in [0, 0.1) is 12.8 Å². The minimum atomic E-state index is 0.437. The van der Waals surface area contributed by atoms with Crippen molar-refractivity contribution < 1.29 is 0 Å². The molecule has 0 aromatic carbocycles. The van der Waals surface area contributed by atoms with E-state index in [9.17, 15) is 0 Å². The summed E-state index contributed by atoms with van der Waals surface area (Å²) < 4.78 is 0. The van der Waals surface area contributed by atoms with Crippen molar-refractivity contribution in [3.05, 3.63) is 102 Å². The second-order valence-electron chi connectivity index (χ2n) is 10.1. The molecule has 4 aromatic heterocycles. The number of nitrogens with zero attached hydrogens (tertiary/aromatic N) is 3. The molecular weight excluding hydrogens is 480 g/mol. The van der Waals surface area contributed by atoms with E-state index >= 15 is 0 Å². The average molecular weight is 517 g/mol. The summed E-state index contributed by atoms with van der Waals surface area (Å²) >= 11 is 0. The van der Waals surface area contributed by atoms with E-state index in [2.05, 4.69) is 120 Å². The van der Waals surface area contributed by atoms with Gasteiger partial charge in [-0.25, -0.2) is 4.98 Å². The molecule has 0 fully saturated rings. The molecule has 1 unspecified atom stereocenters. The predicted molar refractivity (Wildman–Crippen MR) is 163 cm³/mol. The minimum absolute atomic E-state index is 0.437. The third-order valence-corrected chi connectivity index (χ3v) is 7.43. The van der Waals surface area contributed by atoms with Gasteiger partial charge in [0.2, 0.25) is 0 Å².